The lowest BCUT2D eigenvalue weighted by Crippen LogP contribution is -2.55. The molecule has 23 heavy (non-hydrogen) atoms. The molecule has 0 aromatic heterocycles. The van der Waals surface area contributed by atoms with E-state index in [9.17, 15) is 9.90 Å². The van der Waals surface area contributed by atoms with E-state index in [-0.39, 0.29) is 12.1 Å². The molecule has 1 aromatic carbocycles. The van der Waals surface area contributed by atoms with E-state index in [4.69, 9.17) is 4.74 Å². The van der Waals surface area contributed by atoms with Crippen LogP contribution in [0.25, 0.3) is 0 Å². The molecule has 6 heteroatoms. The first kappa shape index (κ1) is 18.1. The Balaban J connectivity index is 1.58. The molecule has 1 aliphatic carbocycles. The summed E-state index contributed by atoms with van der Waals surface area (Å²) in [5.74, 6) is 0.709. The van der Waals surface area contributed by atoms with E-state index in [1.54, 1.807) is 11.8 Å². The van der Waals surface area contributed by atoms with E-state index >= 15 is 0 Å². The van der Waals surface area contributed by atoms with E-state index in [1.807, 2.05) is 43.5 Å². The van der Waals surface area contributed by atoms with Crippen LogP contribution in [0.5, 0.6) is 0 Å². The van der Waals surface area contributed by atoms with E-state index in [2.05, 4.69) is 10.6 Å². The highest BCUT2D eigenvalue weighted by atomic mass is 32.2. The van der Waals surface area contributed by atoms with Crippen molar-refractivity contribution in [3.63, 3.8) is 0 Å². The first-order valence-electron chi connectivity index (χ1n) is 7.90. The number of carbonyl (C=O) groups excluding carboxylic acids is 1. The molecular formula is C17H26N2O3S. The van der Waals surface area contributed by atoms with Crippen molar-refractivity contribution in [2.75, 3.05) is 18.6 Å². The van der Waals surface area contributed by atoms with Crippen LogP contribution in [-0.2, 0) is 11.3 Å². The third-order valence-electron chi connectivity index (χ3n) is 3.90. The minimum absolute atomic E-state index is 0.154. The van der Waals surface area contributed by atoms with E-state index in [0.717, 1.165) is 18.4 Å². The number of hydrogen-bond acceptors (Lipinski definition) is 5. The Hall–Kier alpha value is -1.24. The van der Waals surface area contributed by atoms with Crippen molar-refractivity contribution in [1.29, 1.82) is 0 Å². The topological polar surface area (TPSA) is 70.6 Å². The molecule has 0 bridgehead atoms. The van der Waals surface area contributed by atoms with Gasteiger partial charge < -0.3 is 20.5 Å². The second kappa shape index (κ2) is 8.57. The fraction of sp³-hybridized carbons (Fsp3) is 0.588. The Morgan fingerprint density at radius 3 is 2.70 bits per heavy atom. The summed E-state index contributed by atoms with van der Waals surface area (Å²) in [6, 6.07) is 10.1. The second-order valence-corrected chi connectivity index (χ2v) is 7.25. The summed E-state index contributed by atoms with van der Waals surface area (Å²) in [4.78, 5) is 11.7. The maximum atomic E-state index is 11.7. The molecule has 1 atom stereocenters. The molecular weight excluding hydrogens is 312 g/mol. The zero-order chi connectivity index (χ0) is 16.7. The molecule has 0 saturated heterocycles. The smallest absolute Gasteiger partial charge is 0.407 e. The molecule has 1 saturated carbocycles. The molecule has 0 heterocycles. The van der Waals surface area contributed by atoms with Crippen LogP contribution in [0.2, 0.25) is 0 Å². The molecule has 1 unspecified atom stereocenters. The number of amides is 1. The number of thioether (sulfide) groups is 1. The van der Waals surface area contributed by atoms with Crippen LogP contribution in [0.3, 0.4) is 0 Å². The molecule has 1 amide bonds. The average molecular weight is 338 g/mol. The Kier molecular flexibility index (Phi) is 6.74. The van der Waals surface area contributed by atoms with Gasteiger partial charge in [-0.15, -0.1) is 0 Å². The molecule has 0 spiro atoms. The van der Waals surface area contributed by atoms with Gasteiger partial charge in [0.05, 0.1) is 5.60 Å². The monoisotopic (exact) mass is 338 g/mol. The molecule has 3 N–H and O–H groups in total. The number of aliphatic hydroxyl groups is 1. The lowest BCUT2D eigenvalue weighted by molar-refractivity contribution is 0.0729. The molecule has 2 rings (SSSR count). The first-order valence-corrected chi connectivity index (χ1v) is 9.30. The minimum atomic E-state index is -0.688. The average Bonchev–Trinajstić information content (AvgIpc) is 2.48. The lowest BCUT2D eigenvalue weighted by Gasteiger charge is -2.37. The second-order valence-electron chi connectivity index (χ2n) is 6.38. The number of carbonyl (C=O) groups is 1. The van der Waals surface area contributed by atoms with Crippen LogP contribution < -0.4 is 10.6 Å². The maximum Gasteiger partial charge on any atom is 0.407 e. The van der Waals surface area contributed by atoms with Crippen molar-refractivity contribution in [2.24, 2.45) is 0 Å². The Labute approximate surface area is 142 Å². The number of rotatable bonds is 8. The zero-order valence-electron chi connectivity index (χ0n) is 13.7. The van der Waals surface area contributed by atoms with E-state index in [1.165, 1.54) is 0 Å². The summed E-state index contributed by atoms with van der Waals surface area (Å²) in [5, 5.41) is 16.3. The van der Waals surface area contributed by atoms with Crippen LogP contribution in [-0.4, -0.2) is 47.4 Å². The molecule has 0 aliphatic heterocycles. The Morgan fingerprint density at radius 1 is 1.35 bits per heavy atom. The normalized spacial score (nSPS) is 22.7. The van der Waals surface area contributed by atoms with Gasteiger partial charge in [0.2, 0.25) is 0 Å². The zero-order valence-corrected chi connectivity index (χ0v) is 14.6. The Morgan fingerprint density at radius 2 is 2.04 bits per heavy atom. The molecule has 1 aromatic rings. The highest BCUT2D eigenvalue weighted by molar-refractivity contribution is 7.98. The summed E-state index contributed by atoms with van der Waals surface area (Å²) >= 11 is 1.63. The van der Waals surface area contributed by atoms with Crippen molar-refractivity contribution in [2.45, 2.75) is 44.1 Å². The highest BCUT2D eigenvalue weighted by Crippen LogP contribution is 2.21. The Bertz CT molecular complexity index is 490. The quantitative estimate of drug-likeness (QED) is 0.677. The van der Waals surface area contributed by atoms with Crippen LogP contribution in [0.15, 0.2) is 30.3 Å². The van der Waals surface area contributed by atoms with Crippen LogP contribution >= 0.6 is 11.8 Å². The van der Waals surface area contributed by atoms with Gasteiger partial charge in [0.1, 0.15) is 6.61 Å². The molecule has 1 aliphatic rings. The summed E-state index contributed by atoms with van der Waals surface area (Å²) in [6.45, 7) is 2.70. The number of hydrogen-bond donors (Lipinski definition) is 3. The first-order chi connectivity index (χ1) is 11.0. The van der Waals surface area contributed by atoms with Gasteiger partial charge in [-0.3, -0.25) is 0 Å². The van der Waals surface area contributed by atoms with Gasteiger partial charge >= 0.3 is 6.09 Å². The van der Waals surface area contributed by atoms with Gasteiger partial charge in [-0.05, 0) is 31.6 Å². The van der Waals surface area contributed by atoms with Crippen molar-refractivity contribution in [1.82, 2.24) is 10.6 Å². The van der Waals surface area contributed by atoms with Gasteiger partial charge in [0, 0.05) is 24.4 Å². The van der Waals surface area contributed by atoms with E-state index < -0.39 is 5.60 Å². The SMILES string of the molecule is CSCC(C)(O)CNC1CC(NC(=O)OCc2ccccc2)C1. The third-order valence-corrected chi connectivity index (χ3v) is 4.81. The fourth-order valence-corrected chi connectivity index (χ4v) is 3.28. The van der Waals surface area contributed by atoms with Crippen LogP contribution in [0.4, 0.5) is 4.79 Å². The summed E-state index contributed by atoms with van der Waals surface area (Å²) < 4.78 is 5.20. The number of alkyl carbamates (subject to hydrolysis) is 1. The lowest BCUT2D eigenvalue weighted by atomic mass is 9.86. The summed E-state index contributed by atoms with van der Waals surface area (Å²) in [6.07, 6.45) is 3.36. The standard InChI is InChI=1S/C17H26N2O3S/c1-17(21,12-23-2)11-18-14-8-15(9-14)19-16(20)22-10-13-6-4-3-5-7-13/h3-7,14-15,18,21H,8-12H2,1-2H3,(H,19,20). The molecule has 128 valence electrons. The van der Waals surface area contributed by atoms with E-state index in [0.29, 0.717) is 24.9 Å². The van der Waals surface area contributed by atoms with Gasteiger partial charge in [-0.25, -0.2) is 4.79 Å². The summed E-state index contributed by atoms with van der Waals surface area (Å²) in [5.41, 5.74) is 0.291. The van der Waals surface area contributed by atoms with Crippen molar-refractivity contribution in [3.8, 4) is 0 Å². The molecule has 1 fully saturated rings. The largest absolute Gasteiger partial charge is 0.445 e. The van der Waals surface area contributed by atoms with Gasteiger partial charge in [0.15, 0.2) is 0 Å². The van der Waals surface area contributed by atoms with Crippen molar-refractivity contribution in [3.05, 3.63) is 35.9 Å². The number of benzene rings is 1. The molecule has 0 radical (unpaired) electrons. The van der Waals surface area contributed by atoms with Crippen molar-refractivity contribution < 1.29 is 14.6 Å². The maximum absolute atomic E-state index is 11.7. The third kappa shape index (κ3) is 6.41. The summed E-state index contributed by atoms with van der Waals surface area (Å²) in [7, 11) is 0. The van der Waals surface area contributed by atoms with Crippen molar-refractivity contribution >= 4 is 17.9 Å². The van der Waals surface area contributed by atoms with Gasteiger partial charge in [0.25, 0.3) is 0 Å². The van der Waals surface area contributed by atoms with Crippen LogP contribution in [0, 0.1) is 0 Å². The van der Waals surface area contributed by atoms with Gasteiger partial charge in [-0.2, -0.15) is 11.8 Å². The number of ether oxygens (including phenoxy) is 1. The molecule has 5 nitrogen and oxygen atoms in total. The van der Waals surface area contributed by atoms with Gasteiger partial charge in [-0.1, -0.05) is 30.3 Å². The fourth-order valence-electron chi connectivity index (χ4n) is 2.56. The number of nitrogens with one attached hydrogen (secondary N) is 2. The predicted molar refractivity (Wildman–Crippen MR) is 93.6 cm³/mol. The predicted octanol–water partition coefficient (Wildman–Crippen LogP) is 2.15. The van der Waals surface area contributed by atoms with Crippen LogP contribution in [0.1, 0.15) is 25.3 Å². The highest BCUT2D eigenvalue weighted by Gasteiger charge is 2.32. The minimum Gasteiger partial charge on any atom is -0.445 e.